The van der Waals surface area contributed by atoms with E-state index >= 15 is 0 Å². The van der Waals surface area contributed by atoms with Crippen LogP contribution in [0.4, 0.5) is 13.2 Å². The van der Waals surface area contributed by atoms with Gasteiger partial charge in [0.25, 0.3) is 0 Å². The molecule has 6 heteroatoms. The second kappa shape index (κ2) is 7.40. The van der Waals surface area contributed by atoms with Crippen LogP contribution in [0, 0.1) is 5.92 Å². The zero-order valence-corrected chi connectivity index (χ0v) is 10.7. The molecule has 0 aromatic carbocycles. The molecule has 0 aromatic rings. The molecule has 2 N–H and O–H groups in total. The molecular weight excluding hydrogens is 239 g/mol. The van der Waals surface area contributed by atoms with E-state index in [1.165, 1.54) is 0 Å². The van der Waals surface area contributed by atoms with Crippen molar-refractivity contribution in [3.05, 3.63) is 0 Å². The Balaban J connectivity index is 3.61. The normalized spacial score (nSPS) is 16.5. The minimum atomic E-state index is -4.53. The van der Waals surface area contributed by atoms with Gasteiger partial charge >= 0.3 is 6.18 Å². The van der Waals surface area contributed by atoms with Crippen molar-refractivity contribution in [3.8, 4) is 0 Å². The van der Waals surface area contributed by atoms with Crippen molar-refractivity contribution in [1.82, 2.24) is 5.32 Å². The first kappa shape index (κ1) is 16.1. The first-order valence-electron chi connectivity index (χ1n) is 5.29. The molecule has 2 unspecified atom stereocenters. The molecule has 0 radical (unpaired) electrons. The third-order valence-electron chi connectivity index (χ3n) is 1.86. The lowest BCUT2D eigenvalue weighted by Gasteiger charge is -2.19. The van der Waals surface area contributed by atoms with Gasteiger partial charge in [0.2, 0.25) is 0 Å². The van der Waals surface area contributed by atoms with Gasteiger partial charge < -0.3 is 10.4 Å². The van der Waals surface area contributed by atoms with Gasteiger partial charge in [0, 0.05) is 18.3 Å². The number of alkyl halides is 3. The highest BCUT2D eigenvalue weighted by molar-refractivity contribution is 7.99. The van der Waals surface area contributed by atoms with E-state index in [9.17, 15) is 13.2 Å². The predicted octanol–water partition coefficient (Wildman–Crippen LogP) is 2.28. The summed E-state index contributed by atoms with van der Waals surface area (Å²) in [7, 11) is 0. The van der Waals surface area contributed by atoms with E-state index in [1.54, 1.807) is 11.8 Å². The van der Waals surface area contributed by atoms with Crippen LogP contribution >= 0.6 is 11.8 Å². The van der Waals surface area contributed by atoms with Gasteiger partial charge in [-0.1, -0.05) is 13.8 Å². The van der Waals surface area contributed by atoms with Gasteiger partial charge in [0.1, 0.15) is 0 Å². The van der Waals surface area contributed by atoms with Crippen LogP contribution in [0.1, 0.15) is 20.8 Å². The minimum Gasteiger partial charge on any atom is -0.382 e. The van der Waals surface area contributed by atoms with Gasteiger partial charge in [-0.2, -0.15) is 24.9 Å². The Labute approximate surface area is 99.0 Å². The summed E-state index contributed by atoms with van der Waals surface area (Å²) in [6.45, 7) is 5.57. The molecule has 0 saturated heterocycles. The SMILES string of the molecule is CC(C)CSCC(C)NCC(O)C(F)(F)F. The van der Waals surface area contributed by atoms with Gasteiger partial charge in [0.05, 0.1) is 0 Å². The first-order valence-corrected chi connectivity index (χ1v) is 6.44. The Hall–Kier alpha value is 0.0600. The minimum absolute atomic E-state index is 0.0271. The summed E-state index contributed by atoms with van der Waals surface area (Å²) < 4.78 is 35.9. The molecule has 0 fully saturated rings. The summed E-state index contributed by atoms with van der Waals surface area (Å²) >= 11 is 1.70. The number of halogens is 3. The fourth-order valence-electron chi connectivity index (χ4n) is 0.968. The van der Waals surface area contributed by atoms with E-state index in [4.69, 9.17) is 5.11 Å². The lowest BCUT2D eigenvalue weighted by atomic mass is 10.3. The van der Waals surface area contributed by atoms with Gasteiger partial charge in [-0.25, -0.2) is 0 Å². The summed E-state index contributed by atoms with van der Waals surface area (Å²) in [5.41, 5.74) is 0. The van der Waals surface area contributed by atoms with Crippen molar-refractivity contribution in [3.63, 3.8) is 0 Å². The van der Waals surface area contributed by atoms with Crippen LogP contribution in [0.2, 0.25) is 0 Å². The van der Waals surface area contributed by atoms with Gasteiger partial charge in [0.15, 0.2) is 6.10 Å². The smallest absolute Gasteiger partial charge is 0.382 e. The molecular formula is C10H20F3NOS. The molecule has 2 atom stereocenters. The van der Waals surface area contributed by atoms with E-state index < -0.39 is 18.8 Å². The zero-order chi connectivity index (χ0) is 12.8. The molecule has 0 aliphatic heterocycles. The first-order chi connectivity index (χ1) is 7.23. The summed E-state index contributed by atoms with van der Waals surface area (Å²) in [6.07, 6.45) is -6.80. The second-order valence-corrected chi connectivity index (χ2v) is 5.37. The maximum Gasteiger partial charge on any atom is 0.415 e. The molecule has 0 heterocycles. The molecule has 2 nitrogen and oxygen atoms in total. The van der Waals surface area contributed by atoms with Crippen LogP contribution in [0.3, 0.4) is 0 Å². The Bertz CT molecular complexity index is 187. The number of nitrogens with one attached hydrogen (secondary N) is 1. The third-order valence-corrected chi connectivity index (χ3v) is 3.49. The molecule has 0 bridgehead atoms. The average Bonchev–Trinajstić information content (AvgIpc) is 2.11. The van der Waals surface area contributed by atoms with Crippen LogP contribution in [0.25, 0.3) is 0 Å². The van der Waals surface area contributed by atoms with Crippen LogP contribution in [-0.4, -0.2) is 41.5 Å². The van der Waals surface area contributed by atoms with Crippen LogP contribution in [0.5, 0.6) is 0 Å². The molecule has 0 saturated carbocycles. The number of rotatable bonds is 7. The van der Waals surface area contributed by atoms with E-state index in [0.29, 0.717) is 5.92 Å². The molecule has 0 spiro atoms. The number of hydrogen-bond donors (Lipinski definition) is 2. The molecule has 0 rings (SSSR count). The third kappa shape index (κ3) is 8.24. The molecule has 0 aliphatic rings. The highest BCUT2D eigenvalue weighted by atomic mass is 32.2. The fourth-order valence-corrected chi connectivity index (χ4v) is 2.05. The summed E-state index contributed by atoms with van der Waals surface area (Å²) in [5, 5.41) is 11.4. The topological polar surface area (TPSA) is 32.3 Å². The highest BCUT2D eigenvalue weighted by Gasteiger charge is 2.37. The number of aliphatic hydroxyl groups excluding tert-OH is 1. The van der Waals surface area contributed by atoms with E-state index in [-0.39, 0.29) is 6.04 Å². The van der Waals surface area contributed by atoms with Crippen LogP contribution in [0.15, 0.2) is 0 Å². The standard InChI is InChI=1S/C10H20F3NOS/c1-7(2)5-16-6-8(3)14-4-9(15)10(11,12)13/h7-9,14-15H,4-6H2,1-3H3. The van der Waals surface area contributed by atoms with Gasteiger partial charge in [-0.3, -0.25) is 0 Å². The molecule has 0 aliphatic carbocycles. The van der Waals surface area contributed by atoms with Crippen molar-refractivity contribution >= 4 is 11.8 Å². The van der Waals surface area contributed by atoms with Crippen molar-refractivity contribution in [2.24, 2.45) is 5.92 Å². The Kier molecular flexibility index (Phi) is 7.43. The summed E-state index contributed by atoms with van der Waals surface area (Å²) in [6, 6.07) is -0.0271. The maximum absolute atomic E-state index is 12.0. The largest absolute Gasteiger partial charge is 0.415 e. The van der Waals surface area contributed by atoms with Crippen LogP contribution < -0.4 is 5.32 Å². The number of aliphatic hydroxyl groups is 1. The Morgan fingerprint density at radius 2 is 1.75 bits per heavy atom. The van der Waals surface area contributed by atoms with Gasteiger partial charge in [-0.05, 0) is 18.6 Å². The van der Waals surface area contributed by atoms with E-state index in [0.717, 1.165) is 11.5 Å². The average molecular weight is 259 g/mol. The number of hydrogen-bond acceptors (Lipinski definition) is 3. The lowest BCUT2D eigenvalue weighted by Crippen LogP contribution is -2.42. The molecule has 98 valence electrons. The predicted molar refractivity (Wildman–Crippen MR) is 61.7 cm³/mol. The zero-order valence-electron chi connectivity index (χ0n) is 9.84. The molecule has 16 heavy (non-hydrogen) atoms. The van der Waals surface area contributed by atoms with Crippen molar-refractivity contribution in [2.45, 2.75) is 39.1 Å². The monoisotopic (exact) mass is 259 g/mol. The number of thioether (sulfide) groups is 1. The van der Waals surface area contributed by atoms with E-state index in [2.05, 4.69) is 19.2 Å². The maximum atomic E-state index is 12.0. The highest BCUT2D eigenvalue weighted by Crippen LogP contribution is 2.19. The summed E-state index contributed by atoms with van der Waals surface area (Å²) in [4.78, 5) is 0. The summed E-state index contributed by atoms with van der Waals surface area (Å²) in [5.74, 6) is 2.33. The van der Waals surface area contributed by atoms with Crippen molar-refractivity contribution in [2.75, 3.05) is 18.1 Å². The quantitative estimate of drug-likeness (QED) is 0.735. The van der Waals surface area contributed by atoms with Crippen molar-refractivity contribution < 1.29 is 18.3 Å². The van der Waals surface area contributed by atoms with Crippen LogP contribution in [-0.2, 0) is 0 Å². The van der Waals surface area contributed by atoms with Crippen molar-refractivity contribution in [1.29, 1.82) is 0 Å². The van der Waals surface area contributed by atoms with Gasteiger partial charge in [-0.15, -0.1) is 0 Å². The second-order valence-electron chi connectivity index (χ2n) is 4.30. The van der Waals surface area contributed by atoms with E-state index in [1.807, 2.05) is 6.92 Å². The molecule has 0 amide bonds. The Morgan fingerprint density at radius 1 is 1.19 bits per heavy atom. The fraction of sp³-hybridized carbons (Fsp3) is 1.00. The molecule has 0 aromatic heterocycles. The lowest BCUT2D eigenvalue weighted by molar-refractivity contribution is -0.202. The Morgan fingerprint density at radius 3 is 2.19 bits per heavy atom.